The summed E-state index contributed by atoms with van der Waals surface area (Å²) in [6.07, 6.45) is 4.43. The minimum absolute atomic E-state index is 0.0880. The van der Waals surface area contributed by atoms with E-state index in [1.807, 2.05) is 81.4 Å². The van der Waals surface area contributed by atoms with Crippen molar-refractivity contribution >= 4 is 35.7 Å². The zero-order chi connectivity index (χ0) is 77.1. The number of hydrogen-bond donors (Lipinski definition) is 2. The van der Waals surface area contributed by atoms with E-state index < -0.39 is 60.0 Å². The van der Waals surface area contributed by atoms with Crippen LogP contribution in [0.15, 0.2) is 109 Å². The lowest BCUT2D eigenvalue weighted by atomic mass is 9.91. The second-order valence-electron chi connectivity index (χ2n) is 26.7. The molecule has 25 heteroatoms. The molecule has 107 heavy (non-hydrogen) atoms. The zero-order valence-electron chi connectivity index (χ0n) is 64.4. The number of nitrogens with zero attached hydrogens (tertiary/aromatic N) is 3. The summed E-state index contributed by atoms with van der Waals surface area (Å²) in [5, 5.41) is 6.47. The van der Waals surface area contributed by atoms with Crippen molar-refractivity contribution in [3.05, 3.63) is 143 Å². The summed E-state index contributed by atoms with van der Waals surface area (Å²) in [5.74, 6) is 1.16. The van der Waals surface area contributed by atoms with Gasteiger partial charge in [-0.15, -0.1) is 0 Å². The molecule has 2 aliphatic heterocycles. The van der Waals surface area contributed by atoms with Gasteiger partial charge in [0.05, 0.1) is 96.0 Å². The Balaban J connectivity index is 0.906. The average molecular weight is 1480 g/mol. The number of methoxy groups -OCH3 is 10. The van der Waals surface area contributed by atoms with Gasteiger partial charge >= 0.3 is 23.9 Å². The molecule has 2 aliphatic rings. The van der Waals surface area contributed by atoms with Crippen LogP contribution >= 0.6 is 0 Å². The van der Waals surface area contributed by atoms with E-state index in [1.165, 1.54) is 42.7 Å². The van der Waals surface area contributed by atoms with Gasteiger partial charge in [0.15, 0.2) is 46.0 Å². The quantitative estimate of drug-likeness (QED) is 0.0267. The number of piperidine rings is 2. The number of likely N-dealkylation sites (tertiary alicyclic amines) is 2. The molecule has 580 valence electrons. The fourth-order valence-corrected chi connectivity index (χ4v) is 14.1. The SMILES string of the molecule is CCC(C(=O)N1CCCCC1C(=O)OC(CCc1ccc(OC)c(OC)c1)c1cccc(OC(=O)CNCC(CNCC(=O)Oc2cccc([C@H](CCc3ccc(OC)c(OC)c3)OC(=O)[C@@H]3CCCCN3C(=O)C(CC)c3cc(OC)c(OC)c(OC)c3)c2)CN(C)C)c1)c1cc(OC)c(OC)c(OC)c1. The molecule has 0 saturated carbocycles. The Bertz CT molecular complexity index is 3650. The highest BCUT2D eigenvalue weighted by atomic mass is 16.6. The first kappa shape index (κ1) is 82.7. The molecule has 2 N–H and O–H groups in total. The van der Waals surface area contributed by atoms with Crippen molar-refractivity contribution in [2.75, 3.05) is 131 Å². The Hall–Kier alpha value is -9.98. The summed E-state index contributed by atoms with van der Waals surface area (Å²) in [6.45, 7) is 5.60. The monoisotopic (exact) mass is 1480 g/mol. The lowest BCUT2D eigenvalue weighted by molar-refractivity contribution is -0.162. The Morgan fingerprint density at radius 2 is 0.813 bits per heavy atom. The number of carbonyl (C=O) groups excluding carboxylic acids is 6. The van der Waals surface area contributed by atoms with Crippen LogP contribution < -0.4 is 67.5 Å². The number of ether oxygens (including phenoxy) is 14. The van der Waals surface area contributed by atoms with Gasteiger partial charge in [0, 0.05) is 32.7 Å². The number of aryl methyl sites for hydroxylation is 2. The van der Waals surface area contributed by atoms with Crippen LogP contribution in [0.5, 0.6) is 69.0 Å². The third-order valence-electron chi connectivity index (χ3n) is 19.5. The number of nitrogens with one attached hydrogen (secondary N) is 2. The molecule has 2 saturated heterocycles. The Morgan fingerprint density at radius 3 is 1.15 bits per heavy atom. The molecule has 6 aromatic carbocycles. The maximum absolute atomic E-state index is 14.7. The number of carbonyl (C=O) groups is 6. The zero-order valence-corrected chi connectivity index (χ0v) is 64.4. The van der Waals surface area contributed by atoms with Crippen LogP contribution in [0.4, 0.5) is 0 Å². The lowest BCUT2D eigenvalue weighted by Gasteiger charge is -2.37. The van der Waals surface area contributed by atoms with Gasteiger partial charge in [-0.2, -0.15) is 0 Å². The van der Waals surface area contributed by atoms with Gasteiger partial charge in [0.1, 0.15) is 35.8 Å². The van der Waals surface area contributed by atoms with Crippen LogP contribution in [0.3, 0.4) is 0 Å². The Labute approximate surface area is 628 Å². The van der Waals surface area contributed by atoms with Gasteiger partial charge in [-0.05, 0) is 203 Å². The molecule has 0 aromatic heterocycles. The minimum atomic E-state index is -0.868. The van der Waals surface area contributed by atoms with E-state index in [4.69, 9.17) is 66.3 Å². The molecule has 6 aromatic rings. The third-order valence-corrected chi connectivity index (χ3v) is 19.5. The summed E-state index contributed by atoms with van der Waals surface area (Å²) in [7, 11) is 19.2. The van der Waals surface area contributed by atoms with Crippen molar-refractivity contribution in [1.29, 1.82) is 0 Å². The standard InChI is InChI=1S/C82H107N5O20/c1-15-61(57-43-71(98-9)77(102-13)72(44-57)99-10)79(90)86-37-19-17-27-63(86)81(92)106-65(33-29-52-31-35-67(94-5)69(39-52)96-7)55-23-21-25-59(41-55)104-75(88)49-83-47-54(51-85(3)4)48-84-50-76(89)105-60-26-22-24-56(42-60)66(34-30-53-32-36-68(95-6)70(40-53)97-8)107-82(93)64-28-18-20-38-87(64)80(91)62(16-2)58-45-73(100-11)78(103-14)74(46-58)101-12/h21-26,31-32,35-36,39-46,54,61-66,83-84H,15-20,27-30,33-34,37-38,47-51H2,1-14H3/t54?,61?,62?,63-,64?,65-,66?/m0/s1. The first-order chi connectivity index (χ1) is 51.8. The second-order valence-corrected chi connectivity index (χ2v) is 26.7. The number of hydrogen-bond acceptors (Lipinski definition) is 23. The summed E-state index contributed by atoms with van der Waals surface area (Å²) < 4.78 is 80.8. The highest BCUT2D eigenvalue weighted by Crippen LogP contribution is 2.44. The molecule has 2 heterocycles. The highest BCUT2D eigenvalue weighted by molar-refractivity contribution is 5.90. The van der Waals surface area contributed by atoms with Gasteiger partial charge in [-0.3, -0.25) is 19.2 Å². The third kappa shape index (κ3) is 22.1. The van der Waals surface area contributed by atoms with Crippen LogP contribution in [0.25, 0.3) is 0 Å². The molecule has 0 radical (unpaired) electrons. The number of esters is 4. The first-order valence-electron chi connectivity index (χ1n) is 36.5. The molecule has 7 atom stereocenters. The van der Waals surface area contributed by atoms with Gasteiger partial charge in [-0.1, -0.05) is 50.2 Å². The van der Waals surface area contributed by atoms with Crippen molar-refractivity contribution in [1.82, 2.24) is 25.3 Å². The van der Waals surface area contributed by atoms with Crippen LogP contribution in [0.1, 0.15) is 135 Å². The normalized spacial score (nSPS) is 15.7. The van der Waals surface area contributed by atoms with Crippen LogP contribution in [0, 0.1) is 5.92 Å². The van der Waals surface area contributed by atoms with Crippen LogP contribution in [0.2, 0.25) is 0 Å². The molecule has 8 rings (SSSR count). The van der Waals surface area contributed by atoms with E-state index in [9.17, 15) is 28.8 Å². The number of benzene rings is 6. The molecule has 5 unspecified atom stereocenters. The van der Waals surface area contributed by atoms with Gasteiger partial charge in [0.25, 0.3) is 0 Å². The summed E-state index contributed by atoms with van der Waals surface area (Å²) in [5.41, 5.74) is 4.29. The molecule has 25 nitrogen and oxygen atoms in total. The molecule has 2 amide bonds. The summed E-state index contributed by atoms with van der Waals surface area (Å²) in [4.78, 5) is 91.5. The summed E-state index contributed by atoms with van der Waals surface area (Å²) >= 11 is 0. The van der Waals surface area contributed by atoms with E-state index in [0.717, 1.165) is 11.1 Å². The van der Waals surface area contributed by atoms with E-state index in [-0.39, 0.29) is 42.3 Å². The van der Waals surface area contributed by atoms with E-state index in [0.29, 0.717) is 190 Å². The van der Waals surface area contributed by atoms with Crippen molar-refractivity contribution in [2.45, 2.75) is 127 Å². The second kappa shape index (κ2) is 41.2. The molecule has 0 aliphatic carbocycles. The van der Waals surface area contributed by atoms with E-state index in [1.54, 1.807) is 98.9 Å². The maximum atomic E-state index is 14.7. The topological polar surface area (TPSA) is 265 Å². The highest BCUT2D eigenvalue weighted by Gasteiger charge is 2.40. The predicted molar refractivity (Wildman–Crippen MR) is 402 cm³/mol. The summed E-state index contributed by atoms with van der Waals surface area (Å²) in [6, 6.07) is 30.4. The number of amides is 2. The van der Waals surface area contributed by atoms with Crippen molar-refractivity contribution < 1.29 is 95.1 Å². The number of rotatable bonds is 40. The van der Waals surface area contributed by atoms with Gasteiger partial charge in [0.2, 0.25) is 23.3 Å². The molecule has 0 bridgehead atoms. The largest absolute Gasteiger partial charge is 0.493 e. The minimum Gasteiger partial charge on any atom is -0.493 e. The smallest absolute Gasteiger partial charge is 0.329 e. The van der Waals surface area contributed by atoms with Gasteiger partial charge < -0.3 is 91.6 Å². The predicted octanol–water partition coefficient (Wildman–Crippen LogP) is 11.2. The molecule has 0 spiro atoms. The molecule has 2 fully saturated rings. The first-order valence-corrected chi connectivity index (χ1v) is 36.5. The van der Waals surface area contributed by atoms with Crippen molar-refractivity contribution in [3.8, 4) is 69.0 Å². The lowest BCUT2D eigenvalue weighted by Crippen LogP contribution is -2.50. The average Bonchev–Trinajstić information content (AvgIpc) is 0.796. The van der Waals surface area contributed by atoms with E-state index in [2.05, 4.69) is 10.6 Å². The Kier molecular flexibility index (Phi) is 31.8. The van der Waals surface area contributed by atoms with Crippen LogP contribution in [-0.4, -0.2) is 193 Å². The maximum Gasteiger partial charge on any atom is 0.329 e. The fraction of sp³-hybridized carbons (Fsp3) is 0.488. The molecular formula is C82H107N5O20. The van der Waals surface area contributed by atoms with Crippen LogP contribution in [-0.2, 0) is 51.1 Å². The van der Waals surface area contributed by atoms with Gasteiger partial charge in [-0.25, -0.2) is 9.59 Å². The fourth-order valence-electron chi connectivity index (χ4n) is 14.1. The molecular weight excluding hydrogens is 1370 g/mol. The Morgan fingerprint density at radius 1 is 0.439 bits per heavy atom. The van der Waals surface area contributed by atoms with E-state index >= 15 is 0 Å². The van der Waals surface area contributed by atoms with Crippen molar-refractivity contribution in [2.24, 2.45) is 5.92 Å². The van der Waals surface area contributed by atoms with Crippen molar-refractivity contribution in [3.63, 3.8) is 0 Å².